The van der Waals surface area contributed by atoms with E-state index in [-0.39, 0.29) is 22.8 Å². The van der Waals surface area contributed by atoms with E-state index in [4.69, 9.17) is 4.42 Å². The Bertz CT molecular complexity index is 987. The predicted octanol–water partition coefficient (Wildman–Crippen LogP) is 3.88. The van der Waals surface area contributed by atoms with Gasteiger partial charge in [-0.3, -0.25) is 9.48 Å². The van der Waals surface area contributed by atoms with Gasteiger partial charge < -0.3 is 14.5 Å². The van der Waals surface area contributed by atoms with E-state index < -0.39 is 17.6 Å². The molecule has 0 unspecified atom stereocenters. The van der Waals surface area contributed by atoms with E-state index in [2.05, 4.69) is 15.2 Å². The minimum atomic E-state index is -2.63. The fourth-order valence-corrected chi connectivity index (χ4v) is 3.04. The first-order valence-corrected chi connectivity index (χ1v) is 8.89. The van der Waals surface area contributed by atoms with Crippen LogP contribution < -0.4 is 5.32 Å². The van der Waals surface area contributed by atoms with E-state index in [1.165, 1.54) is 36.2 Å². The molecule has 0 bridgehead atoms. The van der Waals surface area contributed by atoms with Crippen molar-refractivity contribution in [3.8, 4) is 0 Å². The van der Waals surface area contributed by atoms with Crippen LogP contribution in [0.1, 0.15) is 26.7 Å². The van der Waals surface area contributed by atoms with Gasteiger partial charge in [-0.25, -0.2) is 4.79 Å². The van der Waals surface area contributed by atoms with Crippen molar-refractivity contribution in [1.82, 2.24) is 9.78 Å². The van der Waals surface area contributed by atoms with Gasteiger partial charge in [0.05, 0.1) is 31.1 Å². The quantitative estimate of drug-likeness (QED) is 0.473. The number of hydrogen-bond donors (Lipinski definition) is 1. The standard InChI is InChI=1S/C18H15F2N3O4S/c1-26-17(25)14-7-6-12(27-14)10-23-9-11(8-21-23)22-16(24)13-4-2-3-5-15(13)28-18(19)20/h2-9,18H,10H2,1H3,(H,22,24). The summed E-state index contributed by atoms with van der Waals surface area (Å²) in [6, 6.07) is 9.23. The maximum atomic E-state index is 12.7. The number of anilines is 1. The molecule has 28 heavy (non-hydrogen) atoms. The number of carbonyl (C=O) groups is 2. The molecule has 2 aromatic heterocycles. The average molecular weight is 407 g/mol. The van der Waals surface area contributed by atoms with E-state index in [0.29, 0.717) is 23.2 Å². The van der Waals surface area contributed by atoms with Gasteiger partial charge in [-0.2, -0.15) is 13.9 Å². The second-order valence-electron chi connectivity index (χ2n) is 5.51. The number of methoxy groups -OCH3 is 1. The molecule has 2 heterocycles. The number of halogens is 2. The van der Waals surface area contributed by atoms with Crippen molar-refractivity contribution < 1.29 is 27.5 Å². The molecule has 0 aliphatic carbocycles. The zero-order chi connectivity index (χ0) is 20.1. The Kier molecular flexibility index (Phi) is 6.09. The van der Waals surface area contributed by atoms with Crippen LogP contribution in [0.25, 0.3) is 0 Å². The Morgan fingerprint density at radius 1 is 1.29 bits per heavy atom. The van der Waals surface area contributed by atoms with Gasteiger partial charge in [-0.1, -0.05) is 23.9 Å². The predicted molar refractivity (Wildman–Crippen MR) is 97.6 cm³/mol. The largest absolute Gasteiger partial charge is 0.463 e. The molecular formula is C18H15F2N3O4S. The molecule has 146 valence electrons. The van der Waals surface area contributed by atoms with Gasteiger partial charge in [0, 0.05) is 11.1 Å². The molecule has 3 rings (SSSR count). The van der Waals surface area contributed by atoms with E-state index >= 15 is 0 Å². The Morgan fingerprint density at radius 3 is 2.82 bits per heavy atom. The number of ether oxygens (including phenoxy) is 1. The number of hydrogen-bond acceptors (Lipinski definition) is 6. The SMILES string of the molecule is COC(=O)c1ccc(Cn2cc(NC(=O)c3ccccc3SC(F)F)cn2)o1. The molecule has 0 aliphatic rings. The van der Waals surface area contributed by atoms with Crippen LogP contribution in [0.2, 0.25) is 0 Å². The third-order valence-electron chi connectivity index (χ3n) is 3.60. The highest BCUT2D eigenvalue weighted by Gasteiger charge is 2.16. The lowest BCUT2D eigenvalue weighted by Gasteiger charge is -2.08. The van der Waals surface area contributed by atoms with Crippen LogP contribution in [-0.4, -0.2) is 34.5 Å². The molecule has 1 N–H and O–H groups in total. The number of nitrogens with one attached hydrogen (secondary N) is 1. The van der Waals surface area contributed by atoms with Gasteiger partial charge in [-0.05, 0) is 24.3 Å². The van der Waals surface area contributed by atoms with Gasteiger partial charge in [0.15, 0.2) is 0 Å². The highest BCUT2D eigenvalue weighted by molar-refractivity contribution is 7.99. The second-order valence-corrected chi connectivity index (χ2v) is 6.54. The number of thioether (sulfide) groups is 1. The Labute approximate surface area is 162 Å². The first-order chi connectivity index (χ1) is 13.5. The third kappa shape index (κ3) is 4.77. The molecule has 0 fully saturated rings. The highest BCUT2D eigenvalue weighted by Crippen LogP contribution is 2.28. The summed E-state index contributed by atoms with van der Waals surface area (Å²) in [6.45, 7) is 0.227. The molecule has 0 radical (unpaired) electrons. The second kappa shape index (κ2) is 8.70. The van der Waals surface area contributed by atoms with Crippen LogP contribution in [0.15, 0.2) is 58.1 Å². The highest BCUT2D eigenvalue weighted by atomic mass is 32.2. The number of amides is 1. The summed E-state index contributed by atoms with van der Waals surface area (Å²) in [7, 11) is 1.25. The number of furan rings is 1. The molecule has 0 aliphatic heterocycles. The number of aromatic nitrogens is 2. The van der Waals surface area contributed by atoms with Crippen molar-refractivity contribution in [3.05, 3.63) is 65.9 Å². The molecule has 0 saturated heterocycles. The fraction of sp³-hybridized carbons (Fsp3) is 0.167. The summed E-state index contributed by atoms with van der Waals surface area (Å²) in [4.78, 5) is 24.0. The van der Waals surface area contributed by atoms with E-state index in [9.17, 15) is 18.4 Å². The zero-order valence-electron chi connectivity index (χ0n) is 14.6. The molecule has 10 heteroatoms. The van der Waals surface area contributed by atoms with Gasteiger partial charge in [0.25, 0.3) is 11.7 Å². The lowest BCUT2D eigenvalue weighted by atomic mass is 10.2. The molecule has 1 aromatic carbocycles. The molecule has 3 aromatic rings. The lowest BCUT2D eigenvalue weighted by Crippen LogP contribution is -2.12. The van der Waals surface area contributed by atoms with Crippen molar-refractivity contribution in [1.29, 1.82) is 0 Å². The minimum absolute atomic E-state index is 0.0753. The van der Waals surface area contributed by atoms with Crippen LogP contribution >= 0.6 is 11.8 Å². The van der Waals surface area contributed by atoms with Crippen LogP contribution in [0.3, 0.4) is 0 Å². The normalized spacial score (nSPS) is 10.9. The number of benzene rings is 1. The molecule has 0 atom stereocenters. The van der Waals surface area contributed by atoms with Crippen LogP contribution in [0.4, 0.5) is 14.5 Å². The van der Waals surface area contributed by atoms with Crippen molar-refractivity contribution in [3.63, 3.8) is 0 Å². The van der Waals surface area contributed by atoms with Crippen molar-refractivity contribution in [2.24, 2.45) is 0 Å². The molecular weight excluding hydrogens is 392 g/mol. The van der Waals surface area contributed by atoms with Crippen LogP contribution in [-0.2, 0) is 11.3 Å². The number of esters is 1. The van der Waals surface area contributed by atoms with Crippen LogP contribution in [0.5, 0.6) is 0 Å². The van der Waals surface area contributed by atoms with E-state index in [1.807, 2.05) is 0 Å². The smallest absolute Gasteiger partial charge is 0.373 e. The number of carbonyl (C=O) groups excluding carboxylic acids is 2. The summed E-state index contributed by atoms with van der Waals surface area (Å²) in [5.74, 6) is -3.18. The Morgan fingerprint density at radius 2 is 2.07 bits per heavy atom. The first-order valence-electron chi connectivity index (χ1n) is 8.01. The Hall–Kier alpha value is -3.14. The molecule has 0 spiro atoms. The molecule has 7 nitrogen and oxygen atoms in total. The summed E-state index contributed by atoms with van der Waals surface area (Å²) < 4.78 is 36.7. The number of alkyl halides is 2. The first kappa shape index (κ1) is 19.6. The third-order valence-corrected chi connectivity index (χ3v) is 4.39. The maximum absolute atomic E-state index is 12.7. The van der Waals surface area contributed by atoms with E-state index in [1.54, 1.807) is 24.4 Å². The number of nitrogens with zero attached hydrogens (tertiary/aromatic N) is 2. The van der Waals surface area contributed by atoms with Crippen molar-refractivity contribution >= 4 is 29.3 Å². The summed E-state index contributed by atoms with van der Waals surface area (Å²) in [5.41, 5.74) is 0.538. The molecule has 1 amide bonds. The molecule has 0 saturated carbocycles. The van der Waals surface area contributed by atoms with Crippen LogP contribution in [0, 0.1) is 0 Å². The van der Waals surface area contributed by atoms with Gasteiger partial charge in [0.2, 0.25) is 5.76 Å². The number of rotatable bonds is 7. The Balaban J connectivity index is 1.67. The van der Waals surface area contributed by atoms with Crippen molar-refractivity contribution in [2.45, 2.75) is 17.2 Å². The lowest BCUT2D eigenvalue weighted by molar-refractivity contribution is 0.0562. The zero-order valence-corrected chi connectivity index (χ0v) is 15.4. The average Bonchev–Trinajstić information content (AvgIpc) is 3.31. The fourth-order valence-electron chi connectivity index (χ4n) is 2.40. The minimum Gasteiger partial charge on any atom is -0.463 e. The van der Waals surface area contributed by atoms with Crippen molar-refractivity contribution in [2.75, 3.05) is 12.4 Å². The summed E-state index contributed by atoms with van der Waals surface area (Å²) in [5, 5.41) is 6.73. The summed E-state index contributed by atoms with van der Waals surface area (Å²) >= 11 is 0.312. The van der Waals surface area contributed by atoms with Gasteiger partial charge in [-0.15, -0.1) is 0 Å². The van der Waals surface area contributed by atoms with Gasteiger partial charge in [0.1, 0.15) is 5.76 Å². The monoisotopic (exact) mass is 407 g/mol. The maximum Gasteiger partial charge on any atom is 0.373 e. The topological polar surface area (TPSA) is 86.4 Å². The van der Waals surface area contributed by atoms with Gasteiger partial charge >= 0.3 is 5.97 Å². The van der Waals surface area contributed by atoms with E-state index in [0.717, 1.165) is 0 Å². The summed E-state index contributed by atoms with van der Waals surface area (Å²) in [6.07, 6.45) is 2.98.